The standard InChI is InChI=1S/C8H11NO/c1-4-5-8(6-9-3)7(2)10/h4-6H,1H2,2-3H3/b8-5+,9-6?. The van der Waals surface area contributed by atoms with Gasteiger partial charge in [0.2, 0.25) is 0 Å². The first-order chi connectivity index (χ1) is 4.72. The highest BCUT2D eigenvalue weighted by Gasteiger charge is 1.95. The van der Waals surface area contributed by atoms with Crippen molar-refractivity contribution >= 4 is 12.0 Å². The van der Waals surface area contributed by atoms with Gasteiger partial charge in [0.15, 0.2) is 5.78 Å². The molecule has 0 bridgehead atoms. The van der Waals surface area contributed by atoms with Crippen LogP contribution in [0, 0.1) is 0 Å². The van der Waals surface area contributed by atoms with E-state index in [2.05, 4.69) is 11.6 Å². The lowest BCUT2D eigenvalue weighted by atomic mass is 10.2. The predicted octanol–water partition coefficient (Wildman–Crippen LogP) is 1.39. The number of carbonyl (C=O) groups excluding carboxylic acids is 1. The average Bonchev–Trinajstić information content (AvgIpc) is 1.87. The minimum atomic E-state index is 0.00509. The lowest BCUT2D eigenvalue weighted by Gasteiger charge is -1.89. The summed E-state index contributed by atoms with van der Waals surface area (Å²) in [4.78, 5) is 14.4. The van der Waals surface area contributed by atoms with Crippen LogP contribution in [-0.2, 0) is 4.79 Å². The third-order valence-electron chi connectivity index (χ3n) is 0.972. The molecule has 2 nitrogen and oxygen atoms in total. The van der Waals surface area contributed by atoms with Gasteiger partial charge in [0.1, 0.15) is 0 Å². The molecular formula is C8H11NO. The molecular weight excluding hydrogens is 126 g/mol. The van der Waals surface area contributed by atoms with Crippen molar-refractivity contribution in [2.45, 2.75) is 6.92 Å². The molecule has 0 aliphatic rings. The Bertz CT molecular complexity index is 189. The van der Waals surface area contributed by atoms with Crippen LogP contribution >= 0.6 is 0 Å². The zero-order valence-electron chi connectivity index (χ0n) is 6.29. The fourth-order valence-electron chi connectivity index (χ4n) is 0.517. The number of allylic oxidation sites excluding steroid dienone is 3. The Balaban J connectivity index is 4.41. The van der Waals surface area contributed by atoms with Crippen LogP contribution in [0.4, 0.5) is 0 Å². The lowest BCUT2D eigenvalue weighted by molar-refractivity contribution is -0.113. The van der Waals surface area contributed by atoms with Gasteiger partial charge in [0.25, 0.3) is 0 Å². The number of nitrogens with zero attached hydrogens (tertiary/aromatic N) is 1. The second-order valence-corrected chi connectivity index (χ2v) is 1.80. The first-order valence-corrected chi connectivity index (χ1v) is 2.98. The van der Waals surface area contributed by atoms with Crippen molar-refractivity contribution in [3.8, 4) is 0 Å². The van der Waals surface area contributed by atoms with Crippen LogP contribution in [-0.4, -0.2) is 19.0 Å². The molecule has 10 heavy (non-hydrogen) atoms. The molecule has 0 aliphatic carbocycles. The average molecular weight is 137 g/mol. The van der Waals surface area contributed by atoms with E-state index in [4.69, 9.17) is 0 Å². The Morgan fingerprint density at radius 3 is 2.50 bits per heavy atom. The van der Waals surface area contributed by atoms with Crippen molar-refractivity contribution in [2.24, 2.45) is 4.99 Å². The van der Waals surface area contributed by atoms with Gasteiger partial charge in [0, 0.05) is 18.8 Å². The molecule has 0 aromatic rings. The maximum absolute atomic E-state index is 10.7. The van der Waals surface area contributed by atoms with Crippen LogP contribution in [0.15, 0.2) is 29.3 Å². The van der Waals surface area contributed by atoms with Gasteiger partial charge in [0.05, 0.1) is 0 Å². The van der Waals surface area contributed by atoms with Gasteiger partial charge in [-0.2, -0.15) is 0 Å². The summed E-state index contributed by atoms with van der Waals surface area (Å²) in [6.07, 6.45) is 4.72. The summed E-state index contributed by atoms with van der Waals surface area (Å²) >= 11 is 0. The summed E-state index contributed by atoms with van der Waals surface area (Å²) in [6, 6.07) is 0. The van der Waals surface area contributed by atoms with Crippen molar-refractivity contribution in [3.05, 3.63) is 24.3 Å². The molecule has 0 atom stereocenters. The van der Waals surface area contributed by atoms with Gasteiger partial charge in [-0.25, -0.2) is 0 Å². The van der Waals surface area contributed by atoms with Crippen LogP contribution < -0.4 is 0 Å². The monoisotopic (exact) mass is 137 g/mol. The van der Waals surface area contributed by atoms with E-state index in [9.17, 15) is 4.79 Å². The van der Waals surface area contributed by atoms with Crippen LogP contribution in [0.25, 0.3) is 0 Å². The lowest BCUT2D eigenvalue weighted by Crippen LogP contribution is -1.96. The zero-order chi connectivity index (χ0) is 7.98. The molecule has 0 aromatic heterocycles. The highest BCUT2D eigenvalue weighted by molar-refractivity contribution is 6.12. The van der Waals surface area contributed by atoms with E-state index in [-0.39, 0.29) is 5.78 Å². The van der Waals surface area contributed by atoms with Gasteiger partial charge < -0.3 is 0 Å². The van der Waals surface area contributed by atoms with E-state index in [1.807, 2.05) is 0 Å². The highest BCUT2D eigenvalue weighted by Crippen LogP contribution is 1.91. The van der Waals surface area contributed by atoms with E-state index >= 15 is 0 Å². The van der Waals surface area contributed by atoms with E-state index < -0.39 is 0 Å². The van der Waals surface area contributed by atoms with Crippen molar-refractivity contribution in [1.82, 2.24) is 0 Å². The molecule has 0 saturated carbocycles. The Morgan fingerprint density at radius 1 is 1.60 bits per heavy atom. The third kappa shape index (κ3) is 2.97. The van der Waals surface area contributed by atoms with Gasteiger partial charge in [-0.15, -0.1) is 0 Å². The molecule has 0 spiro atoms. The fraction of sp³-hybridized carbons (Fsp3) is 0.250. The molecule has 0 aliphatic heterocycles. The molecule has 2 heteroatoms. The molecule has 54 valence electrons. The maximum atomic E-state index is 10.7. The Morgan fingerprint density at radius 2 is 2.20 bits per heavy atom. The Labute approximate surface area is 61.0 Å². The van der Waals surface area contributed by atoms with Crippen LogP contribution in [0.1, 0.15) is 6.92 Å². The van der Waals surface area contributed by atoms with Gasteiger partial charge in [-0.1, -0.05) is 18.7 Å². The maximum Gasteiger partial charge on any atom is 0.161 e. The van der Waals surface area contributed by atoms with Crippen molar-refractivity contribution in [2.75, 3.05) is 7.05 Å². The predicted molar refractivity (Wildman–Crippen MR) is 43.4 cm³/mol. The zero-order valence-corrected chi connectivity index (χ0v) is 6.29. The number of hydrogen-bond acceptors (Lipinski definition) is 2. The summed E-state index contributed by atoms with van der Waals surface area (Å²) in [5.41, 5.74) is 0.581. The molecule has 0 amide bonds. The number of ketones is 1. The minimum absolute atomic E-state index is 0.00509. The smallest absolute Gasteiger partial charge is 0.161 e. The van der Waals surface area contributed by atoms with E-state index in [0.717, 1.165) is 0 Å². The largest absolute Gasteiger partial charge is 0.296 e. The topological polar surface area (TPSA) is 29.4 Å². The second-order valence-electron chi connectivity index (χ2n) is 1.80. The second kappa shape index (κ2) is 4.68. The summed E-state index contributed by atoms with van der Waals surface area (Å²) in [7, 11) is 1.62. The molecule has 0 fully saturated rings. The number of aliphatic imine (C=N–C) groups is 1. The molecule has 0 aromatic carbocycles. The fourth-order valence-corrected chi connectivity index (χ4v) is 0.517. The van der Waals surface area contributed by atoms with E-state index in [1.165, 1.54) is 13.1 Å². The van der Waals surface area contributed by atoms with Crippen LogP contribution in [0.2, 0.25) is 0 Å². The molecule has 0 N–H and O–H groups in total. The Kier molecular flexibility index (Phi) is 4.12. The number of carbonyl (C=O) groups is 1. The van der Waals surface area contributed by atoms with Gasteiger partial charge >= 0.3 is 0 Å². The van der Waals surface area contributed by atoms with E-state index in [1.54, 1.807) is 19.2 Å². The summed E-state index contributed by atoms with van der Waals surface area (Å²) in [5.74, 6) is 0.00509. The van der Waals surface area contributed by atoms with Crippen LogP contribution in [0.5, 0.6) is 0 Å². The minimum Gasteiger partial charge on any atom is -0.296 e. The molecule has 0 saturated heterocycles. The molecule has 0 rings (SSSR count). The number of hydrogen-bond donors (Lipinski definition) is 0. The van der Waals surface area contributed by atoms with Crippen molar-refractivity contribution in [3.63, 3.8) is 0 Å². The van der Waals surface area contributed by atoms with E-state index in [0.29, 0.717) is 5.57 Å². The molecule has 0 radical (unpaired) electrons. The Hall–Kier alpha value is -1.18. The summed E-state index contributed by atoms with van der Waals surface area (Å²) in [6.45, 7) is 4.97. The van der Waals surface area contributed by atoms with Gasteiger partial charge in [-0.05, 0) is 6.92 Å². The quantitative estimate of drug-likeness (QED) is 0.328. The first-order valence-electron chi connectivity index (χ1n) is 2.98. The van der Waals surface area contributed by atoms with Crippen LogP contribution in [0.3, 0.4) is 0 Å². The normalized spacial score (nSPS) is 12.0. The van der Waals surface area contributed by atoms with Crippen molar-refractivity contribution < 1.29 is 4.79 Å². The summed E-state index contributed by atoms with van der Waals surface area (Å²) < 4.78 is 0. The number of Topliss-reactive ketones (excluding diaryl/α,β-unsaturated/α-hetero) is 1. The molecule has 0 unspecified atom stereocenters. The third-order valence-corrected chi connectivity index (χ3v) is 0.972. The summed E-state index contributed by atoms with van der Waals surface area (Å²) in [5, 5.41) is 0. The number of rotatable bonds is 3. The van der Waals surface area contributed by atoms with Gasteiger partial charge in [-0.3, -0.25) is 9.79 Å². The highest BCUT2D eigenvalue weighted by atomic mass is 16.1. The van der Waals surface area contributed by atoms with Crippen molar-refractivity contribution in [1.29, 1.82) is 0 Å². The first kappa shape index (κ1) is 8.82. The SMILES string of the molecule is C=C/C=C(\C=NC)C(C)=O. The molecule has 0 heterocycles.